The van der Waals surface area contributed by atoms with E-state index >= 15 is 0 Å². The SMILES string of the molecule is CC(C)(C)OC(=O)N(c1cc(NC(=O)NC2CCCC2)cc(-c2cnc(C3(O[Si](C)(C)C(C)(C)C)CCC3)s2)c1)c1nccc(C(F)(F)F)n1. The third kappa shape index (κ3) is 8.65. The Hall–Kier alpha value is -3.56. The van der Waals surface area contributed by atoms with Gasteiger partial charge in [0.2, 0.25) is 5.95 Å². The van der Waals surface area contributed by atoms with E-state index in [-0.39, 0.29) is 16.8 Å². The Kier molecular flexibility index (Phi) is 10.5. The summed E-state index contributed by atoms with van der Waals surface area (Å²) >= 11 is 1.46. The Morgan fingerprint density at radius 1 is 1.00 bits per heavy atom. The lowest BCUT2D eigenvalue weighted by Crippen LogP contribution is -2.51. The van der Waals surface area contributed by atoms with E-state index in [1.165, 1.54) is 17.4 Å². The molecule has 0 aliphatic heterocycles. The second kappa shape index (κ2) is 13.9. The Morgan fingerprint density at radius 2 is 1.68 bits per heavy atom. The van der Waals surface area contributed by atoms with E-state index in [9.17, 15) is 22.8 Å². The minimum Gasteiger partial charge on any atom is -0.443 e. The topological polar surface area (TPSA) is 119 Å². The van der Waals surface area contributed by atoms with Crippen LogP contribution in [0, 0.1) is 0 Å². The number of anilines is 3. The molecule has 272 valence electrons. The number of carbonyl (C=O) groups is 2. The molecule has 2 aromatic heterocycles. The molecular formula is C35H47F3N6O4SSi. The van der Waals surface area contributed by atoms with Crippen molar-refractivity contribution in [2.75, 3.05) is 10.2 Å². The first kappa shape index (κ1) is 37.7. The molecule has 10 nitrogen and oxygen atoms in total. The van der Waals surface area contributed by atoms with Crippen LogP contribution in [0.25, 0.3) is 10.4 Å². The van der Waals surface area contributed by atoms with Gasteiger partial charge in [-0.15, -0.1) is 11.3 Å². The zero-order valence-corrected chi connectivity index (χ0v) is 31.8. The molecule has 2 heterocycles. The summed E-state index contributed by atoms with van der Waals surface area (Å²) in [4.78, 5) is 41.1. The van der Waals surface area contributed by atoms with Crippen LogP contribution >= 0.6 is 11.3 Å². The summed E-state index contributed by atoms with van der Waals surface area (Å²) < 4.78 is 53.9. The Bertz CT molecular complexity index is 1710. The predicted molar refractivity (Wildman–Crippen MR) is 191 cm³/mol. The lowest BCUT2D eigenvalue weighted by atomic mass is 9.81. The van der Waals surface area contributed by atoms with Gasteiger partial charge < -0.3 is 19.8 Å². The number of rotatable bonds is 8. The first-order valence-corrected chi connectivity index (χ1v) is 20.7. The molecule has 3 amide bonds. The highest BCUT2D eigenvalue weighted by Crippen LogP contribution is 2.52. The molecule has 0 bridgehead atoms. The van der Waals surface area contributed by atoms with E-state index in [0.29, 0.717) is 11.3 Å². The van der Waals surface area contributed by atoms with Crippen LogP contribution in [0.15, 0.2) is 36.7 Å². The van der Waals surface area contributed by atoms with Crippen LogP contribution in [0.3, 0.4) is 0 Å². The van der Waals surface area contributed by atoms with Gasteiger partial charge in [-0.25, -0.2) is 29.4 Å². The van der Waals surface area contributed by atoms with Crippen LogP contribution < -0.4 is 15.5 Å². The Morgan fingerprint density at radius 3 is 2.26 bits per heavy atom. The summed E-state index contributed by atoms with van der Waals surface area (Å²) in [5, 5.41) is 6.70. The first-order chi connectivity index (χ1) is 23.2. The number of hydrogen-bond acceptors (Lipinski definition) is 8. The molecule has 2 aliphatic carbocycles. The highest BCUT2D eigenvalue weighted by molar-refractivity contribution is 7.15. The summed E-state index contributed by atoms with van der Waals surface area (Å²) in [6, 6.07) is 5.21. The highest BCUT2D eigenvalue weighted by Gasteiger charge is 2.50. The van der Waals surface area contributed by atoms with E-state index in [4.69, 9.17) is 14.1 Å². The number of halogens is 3. The van der Waals surface area contributed by atoms with Gasteiger partial charge in [-0.1, -0.05) is 33.6 Å². The molecule has 0 atom stereocenters. The van der Waals surface area contributed by atoms with Gasteiger partial charge in [-0.05, 0) is 101 Å². The van der Waals surface area contributed by atoms with Crippen molar-refractivity contribution in [2.24, 2.45) is 0 Å². The number of hydrogen-bond donors (Lipinski definition) is 2. The van der Waals surface area contributed by atoms with Crippen molar-refractivity contribution in [3.05, 3.63) is 47.4 Å². The van der Waals surface area contributed by atoms with Crippen molar-refractivity contribution >= 4 is 49.1 Å². The van der Waals surface area contributed by atoms with Gasteiger partial charge >= 0.3 is 18.3 Å². The molecule has 1 aromatic carbocycles. The summed E-state index contributed by atoms with van der Waals surface area (Å²) in [5.41, 5.74) is -1.74. The van der Waals surface area contributed by atoms with E-state index in [1.54, 1.807) is 39.1 Å². The molecule has 0 saturated heterocycles. The van der Waals surface area contributed by atoms with Crippen molar-refractivity contribution in [3.63, 3.8) is 0 Å². The van der Waals surface area contributed by atoms with Gasteiger partial charge in [-0.3, -0.25) is 0 Å². The molecule has 2 fully saturated rings. The normalized spacial score (nSPS) is 16.9. The number of ether oxygens (including phenoxy) is 1. The second-order valence-electron chi connectivity index (χ2n) is 15.6. The smallest absolute Gasteiger partial charge is 0.433 e. The van der Waals surface area contributed by atoms with Crippen LogP contribution in [0.4, 0.5) is 40.1 Å². The maximum atomic E-state index is 13.8. The number of benzene rings is 1. The maximum Gasteiger partial charge on any atom is 0.433 e. The van der Waals surface area contributed by atoms with Crippen LogP contribution in [-0.4, -0.2) is 47.0 Å². The molecule has 15 heteroatoms. The summed E-state index contributed by atoms with van der Waals surface area (Å²) in [7, 11) is -2.16. The van der Waals surface area contributed by atoms with Gasteiger partial charge in [-0.2, -0.15) is 13.2 Å². The van der Waals surface area contributed by atoms with Crippen molar-refractivity contribution in [1.82, 2.24) is 20.3 Å². The van der Waals surface area contributed by atoms with Gasteiger partial charge in [0.05, 0.1) is 10.6 Å². The molecule has 0 unspecified atom stereocenters. The maximum absolute atomic E-state index is 13.8. The molecular weight excluding hydrogens is 686 g/mol. The van der Waals surface area contributed by atoms with Crippen molar-refractivity contribution < 1.29 is 31.9 Å². The van der Waals surface area contributed by atoms with Crippen LogP contribution in [0.5, 0.6) is 0 Å². The molecule has 2 aliphatic rings. The third-order valence-corrected chi connectivity index (χ3v) is 15.2. The number of carbonyl (C=O) groups excluding carboxylic acids is 2. The third-order valence-electron chi connectivity index (χ3n) is 9.43. The van der Waals surface area contributed by atoms with E-state index in [0.717, 1.165) is 72.0 Å². The fourth-order valence-corrected chi connectivity index (χ4v) is 8.46. The standard InChI is InChI=1S/C35H47F3N6O4SSi/c1-32(2,3)47-31(46)44(29-39-17-14-27(43-29)35(36,37)38)25-19-22(18-24(20-25)42-30(45)41-23-12-9-10-13-23)26-21-40-28(49-26)34(15-11-16-34)48-50(7,8)33(4,5)6/h14,17-21,23H,9-13,15-16H2,1-8H3,(H2,41,42,45). The number of amides is 3. The van der Waals surface area contributed by atoms with E-state index < -0.39 is 49.5 Å². The van der Waals surface area contributed by atoms with Crippen LogP contribution in [0.2, 0.25) is 18.1 Å². The lowest BCUT2D eigenvalue weighted by molar-refractivity contribution is -0.141. The average molecular weight is 733 g/mol. The minimum absolute atomic E-state index is 0.000261. The number of thiazole rings is 1. The number of nitrogens with zero attached hydrogens (tertiary/aromatic N) is 4. The van der Waals surface area contributed by atoms with Gasteiger partial charge in [0, 0.05) is 24.1 Å². The Balaban J connectivity index is 1.60. The predicted octanol–water partition coefficient (Wildman–Crippen LogP) is 10.2. The average Bonchev–Trinajstić information content (AvgIpc) is 3.66. The van der Waals surface area contributed by atoms with Crippen molar-refractivity contribution in [2.45, 2.75) is 128 Å². The molecule has 50 heavy (non-hydrogen) atoms. The number of aromatic nitrogens is 3. The van der Waals surface area contributed by atoms with Gasteiger partial charge in [0.25, 0.3) is 0 Å². The second-order valence-corrected chi connectivity index (χ2v) is 21.4. The molecule has 2 saturated carbocycles. The largest absolute Gasteiger partial charge is 0.443 e. The van der Waals surface area contributed by atoms with Gasteiger partial charge in [0.15, 0.2) is 8.32 Å². The number of urea groups is 1. The summed E-state index contributed by atoms with van der Waals surface area (Å²) in [6.07, 6.45) is 3.42. The first-order valence-electron chi connectivity index (χ1n) is 17.0. The summed E-state index contributed by atoms with van der Waals surface area (Å²) in [5.74, 6) is -0.534. The number of alkyl halides is 3. The highest BCUT2D eigenvalue weighted by atomic mass is 32.1. The fraction of sp³-hybridized carbons (Fsp3) is 0.571. The monoisotopic (exact) mass is 732 g/mol. The molecule has 0 spiro atoms. The van der Waals surface area contributed by atoms with Crippen molar-refractivity contribution in [3.8, 4) is 10.4 Å². The quantitative estimate of drug-likeness (QED) is 0.221. The number of nitrogens with one attached hydrogen (secondary N) is 2. The molecule has 2 N–H and O–H groups in total. The van der Waals surface area contributed by atoms with E-state index in [1.807, 2.05) is 0 Å². The summed E-state index contributed by atoms with van der Waals surface area (Å²) in [6.45, 7) is 16.0. The zero-order chi connectivity index (χ0) is 36.7. The molecule has 3 aromatic rings. The molecule has 0 radical (unpaired) electrons. The fourth-order valence-electron chi connectivity index (χ4n) is 5.72. The van der Waals surface area contributed by atoms with Crippen LogP contribution in [0.1, 0.15) is 97.2 Å². The van der Waals surface area contributed by atoms with E-state index in [2.05, 4.69) is 54.5 Å². The lowest BCUT2D eigenvalue weighted by Gasteiger charge is -2.49. The minimum atomic E-state index is -4.78. The van der Waals surface area contributed by atoms with Gasteiger partial charge in [0.1, 0.15) is 21.9 Å². The van der Waals surface area contributed by atoms with Crippen LogP contribution in [-0.2, 0) is 20.9 Å². The Labute approximate surface area is 296 Å². The molecule has 5 rings (SSSR count). The zero-order valence-electron chi connectivity index (χ0n) is 30.0. The van der Waals surface area contributed by atoms with Crippen molar-refractivity contribution in [1.29, 1.82) is 0 Å².